The van der Waals surface area contributed by atoms with Gasteiger partial charge < -0.3 is 24.2 Å². The van der Waals surface area contributed by atoms with Gasteiger partial charge in [-0.2, -0.15) is 0 Å². The van der Waals surface area contributed by atoms with E-state index in [2.05, 4.69) is 32.2 Å². The highest BCUT2D eigenvalue weighted by Crippen LogP contribution is 2.61. The van der Waals surface area contributed by atoms with Crippen LogP contribution in [0, 0.1) is 5.92 Å². The fourth-order valence-electron chi connectivity index (χ4n) is 8.70. The Balaban J connectivity index is 1.37. The first kappa shape index (κ1) is 32.4. The maximum atomic E-state index is 15.1. The SMILES string of the molecule is COc1ccc([Si](C)(C)[C@@H]2[C@@H](CC(=O)N3CCC[C@H]3CO)O[C@]3(C(=O)N(c4ccccc4)c4ccc(N5CCOC5=O)cc43)[C@H]2C)cc1. The number of ether oxygens (including phenoxy) is 3. The molecule has 252 valence electrons. The van der Waals surface area contributed by atoms with Gasteiger partial charge in [0.1, 0.15) is 12.4 Å². The molecule has 5 atom stereocenters. The van der Waals surface area contributed by atoms with Crippen LogP contribution in [0.1, 0.15) is 31.7 Å². The number of anilines is 3. The van der Waals surface area contributed by atoms with Gasteiger partial charge in [0.05, 0.1) is 52.6 Å². The number of carbonyl (C=O) groups excluding carboxylic acids is 3. The van der Waals surface area contributed by atoms with Crippen molar-refractivity contribution in [3.63, 3.8) is 0 Å². The predicted octanol–water partition coefficient (Wildman–Crippen LogP) is 4.92. The van der Waals surface area contributed by atoms with Crippen LogP contribution in [0.3, 0.4) is 0 Å². The summed E-state index contributed by atoms with van der Waals surface area (Å²) in [7, 11) is -0.847. The van der Waals surface area contributed by atoms with E-state index >= 15 is 4.79 Å². The molecule has 1 spiro atoms. The third kappa shape index (κ3) is 5.02. The van der Waals surface area contributed by atoms with E-state index in [1.165, 1.54) is 5.19 Å². The third-order valence-corrected chi connectivity index (χ3v) is 15.5. The highest BCUT2D eigenvalue weighted by atomic mass is 28.3. The maximum Gasteiger partial charge on any atom is 0.414 e. The van der Waals surface area contributed by atoms with Gasteiger partial charge in [-0.05, 0) is 60.8 Å². The van der Waals surface area contributed by atoms with Gasteiger partial charge in [-0.25, -0.2) is 4.79 Å². The van der Waals surface area contributed by atoms with E-state index in [0.29, 0.717) is 36.6 Å². The highest BCUT2D eigenvalue weighted by Gasteiger charge is 2.67. The van der Waals surface area contributed by atoms with Gasteiger partial charge in [0.15, 0.2) is 5.60 Å². The minimum Gasteiger partial charge on any atom is -0.497 e. The Kier molecular flexibility index (Phi) is 8.33. The smallest absolute Gasteiger partial charge is 0.414 e. The van der Waals surface area contributed by atoms with Crippen LogP contribution in [0.25, 0.3) is 0 Å². The number of fused-ring (bicyclic) bond motifs is 2. The summed E-state index contributed by atoms with van der Waals surface area (Å²) in [5, 5.41) is 11.2. The molecule has 0 aliphatic carbocycles. The summed E-state index contributed by atoms with van der Waals surface area (Å²) in [5.74, 6) is 0.167. The van der Waals surface area contributed by atoms with Crippen LogP contribution in [-0.2, 0) is 24.7 Å². The summed E-state index contributed by atoms with van der Waals surface area (Å²) in [6.07, 6.45) is 0.726. The number of benzene rings is 3. The van der Waals surface area contributed by atoms with E-state index in [1.54, 1.807) is 21.8 Å². The van der Waals surface area contributed by atoms with Crippen LogP contribution in [0.15, 0.2) is 72.8 Å². The molecule has 0 aromatic heterocycles. The number of carbonyl (C=O) groups is 3. The van der Waals surface area contributed by atoms with Crippen molar-refractivity contribution in [1.82, 2.24) is 4.90 Å². The molecule has 4 heterocycles. The summed E-state index contributed by atoms with van der Waals surface area (Å²) >= 11 is 0. The summed E-state index contributed by atoms with van der Waals surface area (Å²) in [6.45, 7) is 7.89. The zero-order chi connectivity index (χ0) is 33.8. The lowest BCUT2D eigenvalue weighted by atomic mass is 9.82. The van der Waals surface area contributed by atoms with E-state index in [0.717, 1.165) is 24.3 Å². The van der Waals surface area contributed by atoms with Gasteiger partial charge in [-0.15, -0.1) is 0 Å². The largest absolute Gasteiger partial charge is 0.497 e. The standard InChI is InChI=1S/C37H43N3O7Si/c1-24-34(48(3,4)29-15-13-28(45-2)14-16-29)32(22-33(42)38-18-8-11-27(38)23-41)47-37(24)30-21-26(39-19-20-46-36(39)44)12-17-31(30)40(35(37)43)25-9-6-5-7-10-25/h5-7,9-10,12-17,21,24,27,32,34,41H,8,11,18-20,22-23H2,1-4H3/t24-,27-,32+,34-,37+/m0/s1. The van der Waals surface area contributed by atoms with Crippen molar-refractivity contribution < 1.29 is 33.7 Å². The van der Waals surface area contributed by atoms with E-state index in [1.807, 2.05) is 60.7 Å². The Morgan fingerprint density at radius 1 is 1.02 bits per heavy atom. The second-order valence-electron chi connectivity index (χ2n) is 13.9. The summed E-state index contributed by atoms with van der Waals surface area (Å²) < 4.78 is 17.9. The lowest BCUT2D eigenvalue weighted by Gasteiger charge is -2.37. The van der Waals surface area contributed by atoms with Crippen molar-refractivity contribution in [1.29, 1.82) is 0 Å². The van der Waals surface area contributed by atoms with Gasteiger partial charge in [0.25, 0.3) is 5.91 Å². The molecule has 48 heavy (non-hydrogen) atoms. The first-order valence-corrected chi connectivity index (χ1v) is 19.9. The van der Waals surface area contributed by atoms with E-state index < -0.39 is 25.9 Å². The van der Waals surface area contributed by atoms with Crippen molar-refractivity contribution in [3.05, 3.63) is 78.4 Å². The Bertz CT molecular complexity index is 1720. The summed E-state index contributed by atoms with van der Waals surface area (Å²) in [6, 6.07) is 23.1. The van der Waals surface area contributed by atoms with Gasteiger partial charge in [0, 0.05) is 29.4 Å². The normalized spacial score (nSPS) is 26.8. The van der Waals surface area contributed by atoms with Gasteiger partial charge >= 0.3 is 6.09 Å². The number of nitrogens with zero attached hydrogens (tertiary/aromatic N) is 3. The molecule has 1 N–H and O–H groups in total. The molecular formula is C37H43N3O7Si. The minimum atomic E-state index is -2.49. The molecule has 0 unspecified atom stereocenters. The van der Waals surface area contributed by atoms with E-state index in [4.69, 9.17) is 14.2 Å². The lowest BCUT2D eigenvalue weighted by Crippen LogP contribution is -2.52. The fourth-order valence-corrected chi connectivity index (χ4v) is 12.7. The number of hydrogen-bond donors (Lipinski definition) is 1. The molecule has 0 saturated carbocycles. The topological polar surface area (TPSA) is 109 Å². The second-order valence-corrected chi connectivity index (χ2v) is 18.6. The average molecular weight is 670 g/mol. The molecule has 4 aliphatic heterocycles. The van der Waals surface area contributed by atoms with E-state index in [9.17, 15) is 14.7 Å². The molecule has 3 fully saturated rings. The molecule has 0 bridgehead atoms. The Morgan fingerprint density at radius 3 is 2.44 bits per heavy atom. The molecule has 3 aromatic rings. The Morgan fingerprint density at radius 2 is 1.77 bits per heavy atom. The van der Waals surface area contributed by atoms with Gasteiger partial charge in [0.2, 0.25) is 5.91 Å². The number of rotatable bonds is 8. The number of amides is 3. The average Bonchev–Trinajstić information content (AvgIpc) is 3.87. The predicted molar refractivity (Wildman–Crippen MR) is 185 cm³/mol. The number of methoxy groups -OCH3 is 1. The maximum absolute atomic E-state index is 15.1. The van der Waals surface area contributed by atoms with Crippen molar-refractivity contribution in [2.24, 2.45) is 5.92 Å². The van der Waals surface area contributed by atoms with Crippen LogP contribution in [-0.4, -0.2) is 81.5 Å². The molecule has 10 nitrogen and oxygen atoms in total. The van der Waals surface area contributed by atoms with Gasteiger partial charge in [-0.1, -0.05) is 55.5 Å². The number of cyclic esters (lactones) is 1. The molecule has 3 amide bonds. The van der Waals surface area contributed by atoms with Crippen LogP contribution in [0.2, 0.25) is 18.6 Å². The number of para-hydroxylation sites is 1. The molecule has 3 aromatic carbocycles. The first-order valence-electron chi connectivity index (χ1n) is 16.8. The van der Waals surface area contributed by atoms with Crippen LogP contribution in [0.4, 0.5) is 21.9 Å². The minimum absolute atomic E-state index is 0.0653. The number of hydrogen-bond acceptors (Lipinski definition) is 7. The molecule has 11 heteroatoms. The number of aliphatic hydroxyl groups excluding tert-OH is 1. The third-order valence-electron chi connectivity index (χ3n) is 11.1. The fraction of sp³-hybridized carbons (Fsp3) is 0.432. The molecular weight excluding hydrogens is 627 g/mol. The summed E-state index contributed by atoms with van der Waals surface area (Å²) in [4.78, 5) is 46.9. The van der Waals surface area contributed by atoms with Crippen molar-refractivity contribution >= 4 is 48.2 Å². The molecule has 4 aliphatic rings. The first-order chi connectivity index (χ1) is 23.1. The highest BCUT2D eigenvalue weighted by molar-refractivity contribution is 6.91. The van der Waals surface area contributed by atoms with Crippen molar-refractivity contribution in [2.75, 3.05) is 43.2 Å². The van der Waals surface area contributed by atoms with E-state index in [-0.39, 0.29) is 42.3 Å². The van der Waals surface area contributed by atoms with Crippen LogP contribution >= 0.6 is 0 Å². The zero-order valence-corrected chi connectivity index (χ0v) is 28.9. The molecule has 3 saturated heterocycles. The van der Waals surface area contributed by atoms with Gasteiger partial charge in [-0.3, -0.25) is 19.4 Å². The summed E-state index contributed by atoms with van der Waals surface area (Å²) in [5.41, 5.74) is 1.20. The van der Waals surface area contributed by atoms with Crippen molar-refractivity contribution in [2.45, 2.75) is 62.6 Å². The van der Waals surface area contributed by atoms with Crippen LogP contribution in [0.5, 0.6) is 5.75 Å². The monoisotopic (exact) mass is 669 g/mol. The lowest BCUT2D eigenvalue weighted by molar-refractivity contribution is -0.149. The quantitative estimate of drug-likeness (QED) is 0.340. The number of likely N-dealkylation sites (tertiary alicyclic amines) is 1. The molecule has 7 rings (SSSR count). The Hall–Kier alpha value is -4.19. The number of aliphatic hydroxyl groups is 1. The van der Waals surface area contributed by atoms with Crippen LogP contribution < -0.4 is 19.7 Å². The Labute approximate surface area is 282 Å². The van der Waals surface area contributed by atoms with Crippen molar-refractivity contribution in [3.8, 4) is 5.75 Å². The molecule has 0 radical (unpaired) electrons. The zero-order valence-electron chi connectivity index (χ0n) is 27.9. The second kappa shape index (κ2) is 12.4.